The van der Waals surface area contributed by atoms with E-state index in [1.165, 1.54) is 6.08 Å². The summed E-state index contributed by atoms with van der Waals surface area (Å²) in [6.45, 7) is 1.54. The number of thioether (sulfide) groups is 1. The molecular weight excluding hydrogens is 374 g/mol. The number of hydrogen-bond donors (Lipinski definition) is 1. The summed E-state index contributed by atoms with van der Waals surface area (Å²) in [6, 6.07) is 4.99. The molecule has 0 unspecified atom stereocenters. The number of carbonyl (C=O) groups excluding carboxylic acids is 2. The van der Waals surface area contributed by atoms with Crippen LogP contribution in [0.3, 0.4) is 0 Å². The molecule has 0 aromatic heterocycles. The van der Waals surface area contributed by atoms with Gasteiger partial charge in [-0.15, -0.1) is 0 Å². The molecule has 1 fully saturated rings. The van der Waals surface area contributed by atoms with Crippen molar-refractivity contribution in [3.8, 4) is 5.75 Å². The van der Waals surface area contributed by atoms with E-state index in [4.69, 9.17) is 9.84 Å². The summed E-state index contributed by atoms with van der Waals surface area (Å²) in [7, 11) is 0. The fourth-order valence-electron chi connectivity index (χ4n) is 1.82. The maximum atomic E-state index is 12.1. The van der Waals surface area contributed by atoms with Crippen LogP contribution in [0.2, 0.25) is 0 Å². The zero-order valence-corrected chi connectivity index (χ0v) is 13.9. The molecule has 1 aliphatic rings. The number of halogens is 1. The summed E-state index contributed by atoms with van der Waals surface area (Å²) >= 11 is 4.16. The first-order valence-electron chi connectivity index (χ1n) is 6.32. The average molecular weight is 386 g/mol. The minimum Gasteiger partial charge on any atom is -0.481 e. The van der Waals surface area contributed by atoms with Crippen LogP contribution in [0.25, 0.3) is 6.08 Å². The number of carboxylic acid groups (broad SMARTS) is 1. The zero-order valence-electron chi connectivity index (χ0n) is 11.5. The molecule has 0 radical (unpaired) electrons. The van der Waals surface area contributed by atoms with Crippen molar-refractivity contribution < 1.29 is 24.2 Å². The third-order valence-electron chi connectivity index (χ3n) is 2.80. The first-order chi connectivity index (χ1) is 10.4. The highest BCUT2D eigenvalue weighted by Crippen LogP contribution is 2.34. The van der Waals surface area contributed by atoms with Crippen LogP contribution >= 0.6 is 27.7 Å². The molecule has 1 heterocycles. The van der Waals surface area contributed by atoms with Crippen LogP contribution in [-0.2, 0) is 9.59 Å². The lowest BCUT2D eigenvalue weighted by Gasteiger charge is -2.09. The fraction of sp³-hybridized carbons (Fsp3) is 0.214. The van der Waals surface area contributed by atoms with Crippen LogP contribution in [0.1, 0.15) is 12.5 Å². The number of carboxylic acids is 1. The van der Waals surface area contributed by atoms with Crippen LogP contribution < -0.4 is 4.74 Å². The van der Waals surface area contributed by atoms with Gasteiger partial charge < -0.3 is 9.84 Å². The average Bonchev–Trinajstić information content (AvgIpc) is 2.72. The van der Waals surface area contributed by atoms with Gasteiger partial charge in [0.15, 0.2) is 6.61 Å². The minimum atomic E-state index is -1.10. The van der Waals surface area contributed by atoms with Crippen LogP contribution in [0.4, 0.5) is 4.79 Å². The Morgan fingerprint density at radius 2 is 2.18 bits per heavy atom. The van der Waals surface area contributed by atoms with Gasteiger partial charge in [-0.25, -0.2) is 4.79 Å². The molecule has 22 heavy (non-hydrogen) atoms. The molecule has 0 bridgehead atoms. The van der Waals surface area contributed by atoms with Gasteiger partial charge in [0.1, 0.15) is 5.75 Å². The van der Waals surface area contributed by atoms with Crippen LogP contribution in [-0.4, -0.2) is 40.3 Å². The van der Waals surface area contributed by atoms with E-state index < -0.39 is 12.6 Å². The van der Waals surface area contributed by atoms with Crippen molar-refractivity contribution in [2.45, 2.75) is 6.92 Å². The first-order valence-corrected chi connectivity index (χ1v) is 7.92. The van der Waals surface area contributed by atoms with Crippen LogP contribution in [0, 0.1) is 0 Å². The summed E-state index contributed by atoms with van der Waals surface area (Å²) in [6.07, 6.45) is 1.53. The topological polar surface area (TPSA) is 83.9 Å². The minimum absolute atomic E-state index is 0.283. The van der Waals surface area contributed by atoms with E-state index in [2.05, 4.69) is 15.9 Å². The second-order valence-corrected chi connectivity index (χ2v) is 6.20. The van der Waals surface area contributed by atoms with Gasteiger partial charge in [-0.05, 0) is 43.0 Å². The van der Waals surface area contributed by atoms with Gasteiger partial charge in [-0.1, -0.05) is 15.9 Å². The molecule has 1 aliphatic heterocycles. The van der Waals surface area contributed by atoms with Crippen LogP contribution in [0.5, 0.6) is 5.75 Å². The molecule has 1 N–H and O–H groups in total. The van der Waals surface area contributed by atoms with E-state index >= 15 is 0 Å². The second-order valence-electron chi connectivity index (χ2n) is 4.29. The number of rotatable bonds is 5. The van der Waals surface area contributed by atoms with Gasteiger partial charge in [-0.2, -0.15) is 0 Å². The molecule has 1 aromatic rings. The third kappa shape index (κ3) is 3.69. The van der Waals surface area contributed by atoms with Gasteiger partial charge in [0.25, 0.3) is 11.1 Å². The molecule has 116 valence electrons. The van der Waals surface area contributed by atoms with Gasteiger partial charge in [0.2, 0.25) is 0 Å². The summed E-state index contributed by atoms with van der Waals surface area (Å²) in [5.74, 6) is -1.13. The molecule has 8 heteroatoms. The lowest BCUT2D eigenvalue weighted by molar-refractivity contribution is -0.139. The summed E-state index contributed by atoms with van der Waals surface area (Å²) < 4.78 is 5.94. The summed E-state index contributed by atoms with van der Waals surface area (Å²) in [5, 5.41) is 8.37. The standard InChI is InChI=1S/C14H12BrNO5S/c1-2-16-13(19)11(22-14(16)20)6-8-5-9(15)3-4-10(8)21-7-12(17)18/h3-6H,2,7H2,1H3,(H,17,18)/b11-6-. The van der Waals surface area contributed by atoms with E-state index in [0.29, 0.717) is 17.9 Å². The Morgan fingerprint density at radius 1 is 1.45 bits per heavy atom. The van der Waals surface area contributed by atoms with Gasteiger partial charge >= 0.3 is 5.97 Å². The molecule has 2 amide bonds. The quantitative estimate of drug-likeness (QED) is 0.784. The highest BCUT2D eigenvalue weighted by Gasteiger charge is 2.33. The van der Waals surface area contributed by atoms with Crippen molar-refractivity contribution in [3.05, 3.63) is 33.1 Å². The van der Waals surface area contributed by atoms with Crippen molar-refractivity contribution in [1.29, 1.82) is 0 Å². The lowest BCUT2D eigenvalue weighted by atomic mass is 10.2. The van der Waals surface area contributed by atoms with E-state index in [1.807, 2.05) is 0 Å². The fourth-order valence-corrected chi connectivity index (χ4v) is 3.09. The Balaban J connectivity index is 2.34. The Kier molecular flexibility index (Phi) is 5.25. The second kappa shape index (κ2) is 6.97. The highest BCUT2D eigenvalue weighted by molar-refractivity contribution is 9.10. The van der Waals surface area contributed by atoms with Gasteiger partial charge in [0, 0.05) is 16.6 Å². The number of imide groups is 1. The zero-order chi connectivity index (χ0) is 16.3. The maximum absolute atomic E-state index is 12.1. The molecule has 1 aromatic carbocycles. The molecule has 2 rings (SSSR count). The predicted octanol–water partition coefficient (Wildman–Crippen LogP) is 2.97. The molecule has 0 atom stereocenters. The van der Waals surface area contributed by atoms with Crippen molar-refractivity contribution in [1.82, 2.24) is 4.90 Å². The number of amides is 2. The van der Waals surface area contributed by atoms with Gasteiger partial charge in [-0.3, -0.25) is 14.5 Å². The van der Waals surface area contributed by atoms with E-state index in [-0.39, 0.29) is 16.1 Å². The normalized spacial score (nSPS) is 16.5. The Labute approximate surface area is 139 Å². The Morgan fingerprint density at radius 3 is 2.77 bits per heavy atom. The SMILES string of the molecule is CCN1C(=O)S/C(=C\c2cc(Br)ccc2OCC(=O)O)C1=O. The molecule has 0 spiro atoms. The molecule has 0 saturated carbocycles. The number of carbonyl (C=O) groups is 3. The van der Waals surface area contributed by atoms with E-state index in [1.54, 1.807) is 25.1 Å². The van der Waals surface area contributed by atoms with E-state index in [9.17, 15) is 14.4 Å². The highest BCUT2D eigenvalue weighted by atomic mass is 79.9. The summed E-state index contributed by atoms with van der Waals surface area (Å²) in [4.78, 5) is 35.8. The largest absolute Gasteiger partial charge is 0.481 e. The Bertz CT molecular complexity index is 673. The summed E-state index contributed by atoms with van der Waals surface area (Å²) in [5.41, 5.74) is 0.525. The number of benzene rings is 1. The Hall–Kier alpha value is -1.80. The van der Waals surface area contributed by atoms with Crippen molar-refractivity contribution >= 4 is 50.9 Å². The number of likely N-dealkylation sites (N-methyl/N-ethyl adjacent to an activating group) is 1. The number of aliphatic carboxylic acids is 1. The van der Waals surface area contributed by atoms with Crippen LogP contribution in [0.15, 0.2) is 27.6 Å². The smallest absolute Gasteiger partial charge is 0.341 e. The van der Waals surface area contributed by atoms with E-state index in [0.717, 1.165) is 21.1 Å². The van der Waals surface area contributed by atoms with Crippen molar-refractivity contribution in [2.24, 2.45) is 0 Å². The first kappa shape index (κ1) is 16.6. The number of nitrogens with zero attached hydrogens (tertiary/aromatic N) is 1. The molecular formula is C14H12BrNO5S. The molecule has 1 saturated heterocycles. The van der Waals surface area contributed by atoms with Crippen molar-refractivity contribution in [3.63, 3.8) is 0 Å². The lowest BCUT2D eigenvalue weighted by Crippen LogP contribution is -2.27. The monoisotopic (exact) mass is 385 g/mol. The third-order valence-corrected chi connectivity index (χ3v) is 4.20. The van der Waals surface area contributed by atoms with Crippen molar-refractivity contribution in [2.75, 3.05) is 13.2 Å². The maximum Gasteiger partial charge on any atom is 0.341 e. The molecule has 6 nitrogen and oxygen atoms in total. The molecule has 0 aliphatic carbocycles. The van der Waals surface area contributed by atoms with Gasteiger partial charge in [0.05, 0.1) is 4.91 Å². The number of ether oxygens (including phenoxy) is 1. The predicted molar refractivity (Wildman–Crippen MR) is 85.6 cm³/mol. The number of hydrogen-bond acceptors (Lipinski definition) is 5.